The number of carbonyl (C=O) groups excluding carboxylic acids is 1. The van der Waals surface area contributed by atoms with Crippen LogP contribution in [0.4, 0.5) is 11.4 Å². The number of fused-ring (bicyclic) bond motifs is 1. The molecule has 2 aromatic rings. The maximum Gasteiger partial charge on any atom is 0.228 e. The van der Waals surface area contributed by atoms with Crippen LogP contribution in [0, 0.1) is 0 Å². The monoisotopic (exact) mass is 280 g/mol. The van der Waals surface area contributed by atoms with Crippen molar-refractivity contribution < 1.29 is 4.79 Å². The van der Waals surface area contributed by atoms with Gasteiger partial charge in [-0.2, -0.15) is 0 Å². The number of carbonyl (C=O) groups is 1. The first-order valence-corrected chi connectivity index (χ1v) is 6.56. The van der Waals surface area contributed by atoms with E-state index in [9.17, 15) is 4.79 Å². The van der Waals surface area contributed by atoms with Gasteiger partial charge in [-0.05, 0) is 29.2 Å². The molecule has 0 fully saturated rings. The Hall–Kier alpha value is -1.66. The summed E-state index contributed by atoms with van der Waals surface area (Å²) in [6, 6.07) is 3.67. The first kappa shape index (κ1) is 11.4. The third kappa shape index (κ3) is 2.16. The number of hydrogen-bond acceptors (Lipinski definition) is 5. The standard InChI is InChI=1S/C11H9ClN4OS/c12-8-3-9-6(2-11(17)14-9)1-10(8)13-4-7-5-18-16-15-7/h1,3,5,13H,2,4H2,(H,14,17). The Morgan fingerprint density at radius 3 is 3.17 bits per heavy atom. The molecule has 5 nitrogen and oxygen atoms in total. The van der Waals surface area contributed by atoms with E-state index in [1.165, 1.54) is 11.5 Å². The molecule has 7 heteroatoms. The molecule has 0 spiro atoms. The Labute approximate surface area is 112 Å². The average molecular weight is 281 g/mol. The molecule has 0 unspecified atom stereocenters. The maximum atomic E-state index is 11.3. The van der Waals surface area contributed by atoms with E-state index < -0.39 is 0 Å². The molecule has 1 aromatic heterocycles. The third-order valence-electron chi connectivity index (χ3n) is 2.68. The molecule has 2 N–H and O–H groups in total. The Balaban J connectivity index is 1.80. The third-order valence-corrected chi connectivity index (χ3v) is 3.55. The second-order valence-corrected chi connectivity index (χ2v) is 4.98. The molecule has 0 saturated heterocycles. The number of amides is 1. The van der Waals surface area contributed by atoms with E-state index in [4.69, 9.17) is 11.6 Å². The van der Waals surface area contributed by atoms with E-state index in [2.05, 4.69) is 20.2 Å². The summed E-state index contributed by atoms with van der Waals surface area (Å²) in [5.74, 6) is 0.00178. The molecular weight excluding hydrogens is 272 g/mol. The summed E-state index contributed by atoms with van der Waals surface area (Å²) >= 11 is 7.46. The highest BCUT2D eigenvalue weighted by molar-refractivity contribution is 7.03. The van der Waals surface area contributed by atoms with Crippen LogP contribution in [0.3, 0.4) is 0 Å². The minimum Gasteiger partial charge on any atom is -0.378 e. The van der Waals surface area contributed by atoms with Crippen molar-refractivity contribution in [1.82, 2.24) is 9.59 Å². The Morgan fingerprint density at radius 1 is 1.50 bits per heavy atom. The van der Waals surface area contributed by atoms with E-state index in [0.717, 1.165) is 22.6 Å². The SMILES string of the molecule is O=C1Cc2cc(NCc3csnn3)c(Cl)cc2N1. The zero-order chi connectivity index (χ0) is 12.5. The van der Waals surface area contributed by atoms with Crippen LogP contribution in [0.2, 0.25) is 5.02 Å². The van der Waals surface area contributed by atoms with E-state index in [-0.39, 0.29) is 5.91 Å². The van der Waals surface area contributed by atoms with Crippen molar-refractivity contribution in [1.29, 1.82) is 0 Å². The molecule has 92 valence electrons. The molecule has 1 amide bonds. The van der Waals surface area contributed by atoms with Crippen LogP contribution in [-0.4, -0.2) is 15.5 Å². The summed E-state index contributed by atoms with van der Waals surface area (Å²) < 4.78 is 3.79. The van der Waals surface area contributed by atoms with Crippen LogP contribution in [0.15, 0.2) is 17.5 Å². The first-order chi connectivity index (χ1) is 8.72. The van der Waals surface area contributed by atoms with Crippen molar-refractivity contribution in [2.75, 3.05) is 10.6 Å². The van der Waals surface area contributed by atoms with Crippen LogP contribution in [0.5, 0.6) is 0 Å². The molecule has 3 rings (SSSR count). The van der Waals surface area contributed by atoms with Crippen LogP contribution in [-0.2, 0) is 17.8 Å². The van der Waals surface area contributed by atoms with Gasteiger partial charge in [0.2, 0.25) is 5.91 Å². The molecule has 0 atom stereocenters. The highest BCUT2D eigenvalue weighted by Gasteiger charge is 2.19. The van der Waals surface area contributed by atoms with Crippen molar-refractivity contribution in [2.45, 2.75) is 13.0 Å². The summed E-state index contributed by atoms with van der Waals surface area (Å²) in [6.07, 6.45) is 0.402. The van der Waals surface area contributed by atoms with Gasteiger partial charge in [-0.15, -0.1) is 5.10 Å². The molecule has 0 saturated carbocycles. The van der Waals surface area contributed by atoms with Gasteiger partial charge >= 0.3 is 0 Å². The smallest absolute Gasteiger partial charge is 0.228 e. The van der Waals surface area contributed by atoms with Crippen molar-refractivity contribution in [2.24, 2.45) is 0 Å². The normalized spacial score (nSPS) is 13.3. The molecule has 1 aromatic carbocycles. The summed E-state index contributed by atoms with van der Waals surface area (Å²) in [6.45, 7) is 0.566. The number of anilines is 2. The highest BCUT2D eigenvalue weighted by atomic mass is 35.5. The summed E-state index contributed by atoms with van der Waals surface area (Å²) in [5.41, 5.74) is 3.43. The lowest BCUT2D eigenvalue weighted by atomic mass is 10.1. The molecule has 1 aliphatic rings. The van der Waals surface area contributed by atoms with Gasteiger partial charge in [0.15, 0.2) is 0 Å². The number of hydrogen-bond donors (Lipinski definition) is 2. The van der Waals surface area contributed by atoms with Gasteiger partial charge in [0, 0.05) is 11.1 Å². The zero-order valence-electron chi connectivity index (χ0n) is 9.24. The van der Waals surface area contributed by atoms with Crippen LogP contribution in [0.25, 0.3) is 0 Å². The topological polar surface area (TPSA) is 66.9 Å². The van der Waals surface area contributed by atoms with Gasteiger partial charge in [-0.3, -0.25) is 4.79 Å². The van der Waals surface area contributed by atoms with Crippen LogP contribution >= 0.6 is 23.1 Å². The molecule has 2 heterocycles. The minimum atomic E-state index is 0.00178. The Bertz CT molecular complexity index is 599. The van der Waals surface area contributed by atoms with Gasteiger partial charge in [0.25, 0.3) is 0 Å². The lowest BCUT2D eigenvalue weighted by molar-refractivity contribution is -0.115. The zero-order valence-corrected chi connectivity index (χ0v) is 10.8. The van der Waals surface area contributed by atoms with E-state index >= 15 is 0 Å². The van der Waals surface area contributed by atoms with Gasteiger partial charge in [-0.25, -0.2) is 0 Å². The number of aromatic nitrogens is 2. The van der Waals surface area contributed by atoms with Crippen LogP contribution < -0.4 is 10.6 Å². The van der Waals surface area contributed by atoms with Crippen molar-refractivity contribution >= 4 is 40.4 Å². The molecule has 0 bridgehead atoms. The highest BCUT2D eigenvalue weighted by Crippen LogP contribution is 2.32. The molecule has 0 aliphatic carbocycles. The van der Waals surface area contributed by atoms with Crippen molar-refractivity contribution in [3.05, 3.63) is 33.8 Å². The minimum absolute atomic E-state index is 0.00178. The summed E-state index contributed by atoms with van der Waals surface area (Å²) in [5, 5.41) is 12.4. The van der Waals surface area contributed by atoms with Gasteiger partial charge in [0.1, 0.15) is 0 Å². The molecule has 1 aliphatic heterocycles. The predicted molar refractivity (Wildman–Crippen MR) is 71.0 cm³/mol. The van der Waals surface area contributed by atoms with Crippen molar-refractivity contribution in [3.63, 3.8) is 0 Å². The molecular formula is C11H9ClN4OS. The largest absolute Gasteiger partial charge is 0.378 e. The van der Waals surface area contributed by atoms with E-state index in [1.807, 2.05) is 11.4 Å². The Kier molecular flexibility index (Phi) is 2.89. The number of benzene rings is 1. The summed E-state index contributed by atoms with van der Waals surface area (Å²) in [7, 11) is 0. The lowest BCUT2D eigenvalue weighted by Gasteiger charge is -2.09. The quantitative estimate of drug-likeness (QED) is 0.905. The van der Waals surface area contributed by atoms with Crippen LogP contribution in [0.1, 0.15) is 11.3 Å². The number of nitrogens with one attached hydrogen (secondary N) is 2. The fourth-order valence-electron chi connectivity index (χ4n) is 1.83. The number of halogens is 1. The van der Waals surface area contributed by atoms with E-state index in [1.54, 1.807) is 6.07 Å². The maximum absolute atomic E-state index is 11.3. The molecule has 0 radical (unpaired) electrons. The fourth-order valence-corrected chi connectivity index (χ4v) is 2.51. The van der Waals surface area contributed by atoms with Gasteiger partial charge in [-0.1, -0.05) is 16.1 Å². The molecule has 18 heavy (non-hydrogen) atoms. The fraction of sp³-hybridized carbons (Fsp3) is 0.182. The predicted octanol–water partition coefficient (Wildman–Crippen LogP) is 2.30. The number of rotatable bonds is 3. The van der Waals surface area contributed by atoms with Gasteiger partial charge < -0.3 is 10.6 Å². The average Bonchev–Trinajstić information content (AvgIpc) is 2.94. The first-order valence-electron chi connectivity index (χ1n) is 5.34. The van der Waals surface area contributed by atoms with Crippen molar-refractivity contribution in [3.8, 4) is 0 Å². The Morgan fingerprint density at radius 2 is 2.39 bits per heavy atom. The second-order valence-electron chi connectivity index (χ2n) is 3.96. The summed E-state index contributed by atoms with van der Waals surface area (Å²) in [4.78, 5) is 11.3. The lowest BCUT2D eigenvalue weighted by Crippen LogP contribution is -2.03. The number of nitrogens with zero attached hydrogens (tertiary/aromatic N) is 2. The van der Waals surface area contributed by atoms with E-state index in [0.29, 0.717) is 18.0 Å². The van der Waals surface area contributed by atoms with Gasteiger partial charge in [0.05, 0.1) is 29.4 Å². The second kappa shape index (κ2) is 4.55.